The average Bonchev–Trinajstić information content (AvgIpc) is 2.47. The SMILES string of the molecule is CCNC(Cc1cncc(Br)c1)c1ccc(Cl)cc1OC. The van der Waals surface area contributed by atoms with Gasteiger partial charge in [-0.05, 0) is 52.7 Å². The molecule has 1 aromatic carbocycles. The molecule has 0 spiro atoms. The maximum absolute atomic E-state index is 6.04. The zero-order chi connectivity index (χ0) is 15.2. The number of nitrogens with zero attached hydrogens (tertiary/aromatic N) is 1. The number of benzene rings is 1. The second-order valence-corrected chi connectivity index (χ2v) is 6.06. The van der Waals surface area contributed by atoms with Crippen molar-refractivity contribution in [3.05, 3.63) is 57.3 Å². The van der Waals surface area contributed by atoms with E-state index in [9.17, 15) is 0 Å². The van der Waals surface area contributed by atoms with E-state index in [0.29, 0.717) is 5.02 Å². The maximum atomic E-state index is 6.04. The molecular formula is C16H18BrClN2O. The predicted octanol–water partition coefficient (Wildman–Crippen LogP) is 4.40. The van der Waals surface area contributed by atoms with Crippen LogP contribution in [-0.2, 0) is 6.42 Å². The first-order chi connectivity index (χ1) is 10.1. The first-order valence-electron chi connectivity index (χ1n) is 6.80. The standard InChI is InChI=1S/C16H18BrClN2O/c1-3-20-15(7-11-6-12(17)10-19-9-11)14-5-4-13(18)8-16(14)21-2/h4-6,8-10,15,20H,3,7H2,1-2H3. The van der Waals surface area contributed by atoms with E-state index in [0.717, 1.165) is 34.3 Å². The van der Waals surface area contributed by atoms with Gasteiger partial charge < -0.3 is 10.1 Å². The molecule has 0 saturated heterocycles. The number of nitrogens with one attached hydrogen (secondary N) is 1. The minimum atomic E-state index is 0.151. The zero-order valence-corrected chi connectivity index (χ0v) is 14.4. The van der Waals surface area contributed by atoms with Crippen LogP contribution in [0.25, 0.3) is 0 Å². The van der Waals surface area contributed by atoms with Gasteiger partial charge in [0.15, 0.2) is 0 Å². The maximum Gasteiger partial charge on any atom is 0.125 e. The third-order valence-electron chi connectivity index (χ3n) is 3.22. The second-order valence-electron chi connectivity index (χ2n) is 4.71. The van der Waals surface area contributed by atoms with Gasteiger partial charge in [-0.15, -0.1) is 0 Å². The van der Waals surface area contributed by atoms with E-state index in [1.54, 1.807) is 13.3 Å². The minimum absolute atomic E-state index is 0.151. The Morgan fingerprint density at radius 3 is 2.81 bits per heavy atom. The molecule has 1 unspecified atom stereocenters. The summed E-state index contributed by atoms with van der Waals surface area (Å²) in [5.74, 6) is 0.802. The lowest BCUT2D eigenvalue weighted by Crippen LogP contribution is -2.23. The molecule has 21 heavy (non-hydrogen) atoms. The van der Waals surface area contributed by atoms with Gasteiger partial charge in [0.2, 0.25) is 0 Å². The van der Waals surface area contributed by atoms with Gasteiger partial charge in [0.25, 0.3) is 0 Å². The van der Waals surface area contributed by atoms with Gasteiger partial charge in [-0.2, -0.15) is 0 Å². The molecule has 2 aromatic rings. The summed E-state index contributed by atoms with van der Waals surface area (Å²) >= 11 is 9.50. The fourth-order valence-electron chi connectivity index (χ4n) is 2.31. The van der Waals surface area contributed by atoms with Crippen LogP contribution in [0.1, 0.15) is 24.1 Å². The number of aromatic nitrogens is 1. The van der Waals surface area contributed by atoms with Crippen molar-refractivity contribution in [2.75, 3.05) is 13.7 Å². The van der Waals surface area contributed by atoms with E-state index < -0.39 is 0 Å². The van der Waals surface area contributed by atoms with Crippen LogP contribution in [0.4, 0.5) is 0 Å². The summed E-state index contributed by atoms with van der Waals surface area (Å²) in [6.45, 7) is 2.96. The molecule has 112 valence electrons. The Morgan fingerprint density at radius 2 is 2.14 bits per heavy atom. The molecule has 0 aliphatic rings. The van der Waals surface area contributed by atoms with Crippen molar-refractivity contribution < 1.29 is 4.74 Å². The molecular weight excluding hydrogens is 352 g/mol. The van der Waals surface area contributed by atoms with E-state index in [2.05, 4.69) is 39.2 Å². The van der Waals surface area contributed by atoms with Crippen LogP contribution in [0.2, 0.25) is 5.02 Å². The van der Waals surface area contributed by atoms with Crippen molar-refractivity contribution in [1.82, 2.24) is 10.3 Å². The summed E-state index contributed by atoms with van der Waals surface area (Å²) in [6.07, 6.45) is 4.50. The smallest absolute Gasteiger partial charge is 0.125 e. The molecule has 0 aliphatic heterocycles. The summed E-state index contributed by atoms with van der Waals surface area (Å²) < 4.78 is 6.45. The monoisotopic (exact) mass is 368 g/mol. The number of rotatable bonds is 6. The number of ether oxygens (including phenoxy) is 1. The summed E-state index contributed by atoms with van der Waals surface area (Å²) in [4.78, 5) is 4.22. The molecule has 1 aromatic heterocycles. The number of methoxy groups -OCH3 is 1. The van der Waals surface area contributed by atoms with E-state index in [1.807, 2.05) is 24.4 Å². The summed E-state index contributed by atoms with van der Waals surface area (Å²) in [5, 5.41) is 4.17. The molecule has 2 rings (SSSR count). The molecule has 0 aliphatic carbocycles. The van der Waals surface area contributed by atoms with Crippen molar-refractivity contribution in [3.8, 4) is 5.75 Å². The molecule has 0 fully saturated rings. The van der Waals surface area contributed by atoms with E-state index in [4.69, 9.17) is 16.3 Å². The van der Waals surface area contributed by atoms with Crippen LogP contribution in [0, 0.1) is 0 Å². The second kappa shape index (κ2) is 7.78. The Kier molecular flexibility index (Phi) is 6.03. The van der Waals surface area contributed by atoms with Crippen LogP contribution in [0.3, 0.4) is 0 Å². The summed E-state index contributed by atoms with van der Waals surface area (Å²) in [5.41, 5.74) is 2.26. The van der Waals surface area contributed by atoms with Crippen LogP contribution < -0.4 is 10.1 Å². The van der Waals surface area contributed by atoms with Crippen LogP contribution >= 0.6 is 27.5 Å². The van der Waals surface area contributed by atoms with E-state index in [1.165, 1.54) is 0 Å². The highest BCUT2D eigenvalue weighted by atomic mass is 79.9. The van der Waals surface area contributed by atoms with E-state index >= 15 is 0 Å². The van der Waals surface area contributed by atoms with Crippen molar-refractivity contribution in [2.45, 2.75) is 19.4 Å². The molecule has 0 saturated carbocycles. The molecule has 1 N–H and O–H groups in total. The lowest BCUT2D eigenvalue weighted by molar-refractivity contribution is 0.399. The topological polar surface area (TPSA) is 34.2 Å². The van der Waals surface area contributed by atoms with Gasteiger partial charge in [0.05, 0.1) is 7.11 Å². The Morgan fingerprint density at radius 1 is 1.33 bits per heavy atom. The van der Waals surface area contributed by atoms with Crippen LogP contribution in [0.5, 0.6) is 5.75 Å². The third-order valence-corrected chi connectivity index (χ3v) is 3.89. The molecule has 0 bridgehead atoms. The third kappa shape index (κ3) is 4.43. The fraction of sp³-hybridized carbons (Fsp3) is 0.312. The van der Waals surface area contributed by atoms with Gasteiger partial charge in [0, 0.05) is 33.5 Å². The number of pyridine rings is 1. The Labute approximate surface area is 138 Å². The molecule has 3 nitrogen and oxygen atoms in total. The van der Waals surface area contributed by atoms with Gasteiger partial charge in [-0.1, -0.05) is 24.6 Å². The van der Waals surface area contributed by atoms with Gasteiger partial charge >= 0.3 is 0 Å². The lowest BCUT2D eigenvalue weighted by atomic mass is 9.99. The first-order valence-corrected chi connectivity index (χ1v) is 7.97. The number of hydrogen-bond acceptors (Lipinski definition) is 3. The first kappa shape index (κ1) is 16.3. The van der Waals surface area contributed by atoms with Crippen LogP contribution in [0.15, 0.2) is 41.1 Å². The Bertz CT molecular complexity index is 607. The minimum Gasteiger partial charge on any atom is -0.496 e. The number of hydrogen-bond donors (Lipinski definition) is 1. The zero-order valence-electron chi connectivity index (χ0n) is 12.1. The fourth-order valence-corrected chi connectivity index (χ4v) is 2.89. The molecule has 1 heterocycles. The van der Waals surface area contributed by atoms with Crippen LogP contribution in [-0.4, -0.2) is 18.6 Å². The molecule has 0 amide bonds. The molecule has 5 heteroatoms. The van der Waals surface area contributed by atoms with Gasteiger partial charge in [0.1, 0.15) is 5.75 Å². The predicted molar refractivity (Wildman–Crippen MR) is 90.1 cm³/mol. The lowest BCUT2D eigenvalue weighted by Gasteiger charge is -2.21. The number of likely N-dealkylation sites (N-methyl/N-ethyl adjacent to an activating group) is 1. The largest absolute Gasteiger partial charge is 0.496 e. The van der Waals surface area contributed by atoms with Crippen molar-refractivity contribution in [2.24, 2.45) is 0 Å². The van der Waals surface area contributed by atoms with Crippen molar-refractivity contribution in [3.63, 3.8) is 0 Å². The Hall–Kier alpha value is -1.10. The van der Waals surface area contributed by atoms with Gasteiger partial charge in [-0.25, -0.2) is 0 Å². The number of halogens is 2. The Balaban J connectivity index is 2.30. The van der Waals surface area contributed by atoms with Crippen molar-refractivity contribution >= 4 is 27.5 Å². The van der Waals surface area contributed by atoms with Crippen molar-refractivity contribution in [1.29, 1.82) is 0 Å². The van der Waals surface area contributed by atoms with E-state index in [-0.39, 0.29) is 6.04 Å². The normalized spacial score (nSPS) is 12.2. The average molecular weight is 370 g/mol. The summed E-state index contributed by atoms with van der Waals surface area (Å²) in [7, 11) is 1.67. The molecule has 0 radical (unpaired) electrons. The summed E-state index contributed by atoms with van der Waals surface area (Å²) in [6, 6.07) is 7.99. The highest BCUT2D eigenvalue weighted by Gasteiger charge is 2.16. The molecule has 1 atom stereocenters. The highest BCUT2D eigenvalue weighted by molar-refractivity contribution is 9.10. The quantitative estimate of drug-likeness (QED) is 0.819. The highest BCUT2D eigenvalue weighted by Crippen LogP contribution is 2.30. The van der Waals surface area contributed by atoms with Gasteiger partial charge in [-0.3, -0.25) is 4.98 Å².